The molecule has 0 saturated carbocycles. The molecule has 0 aromatic heterocycles. The Balaban J connectivity index is 2.12. The van der Waals surface area contributed by atoms with Crippen LogP contribution in [0.2, 0.25) is 0 Å². The van der Waals surface area contributed by atoms with Crippen molar-refractivity contribution in [3.63, 3.8) is 0 Å². The first-order valence-electron chi connectivity index (χ1n) is 5.59. The highest BCUT2D eigenvalue weighted by Crippen LogP contribution is 2.23. The normalized spacial score (nSPS) is 10.5. The van der Waals surface area contributed by atoms with Crippen molar-refractivity contribution in [2.24, 2.45) is 0 Å². The van der Waals surface area contributed by atoms with Crippen LogP contribution in [0.5, 0.6) is 0 Å². The van der Waals surface area contributed by atoms with E-state index in [1.54, 1.807) is 24.3 Å². The van der Waals surface area contributed by atoms with Crippen molar-refractivity contribution in [3.8, 4) is 0 Å². The quantitative estimate of drug-likeness (QED) is 0.664. The maximum Gasteiger partial charge on any atom is 0.488 e. The Bertz CT molecular complexity index is 578. The molecule has 0 amide bonds. The average molecular weight is 280 g/mol. The lowest BCUT2D eigenvalue weighted by Gasteiger charge is -2.08. The number of halogens is 2. The highest BCUT2D eigenvalue weighted by molar-refractivity contribution is 7.98. The molecule has 0 aliphatic rings. The minimum atomic E-state index is -1.54. The van der Waals surface area contributed by atoms with Gasteiger partial charge in [0.25, 0.3) is 0 Å². The first-order chi connectivity index (χ1) is 9.08. The minimum Gasteiger partial charge on any atom is -0.423 e. The molecule has 6 heteroatoms. The Hall–Kier alpha value is -1.37. The van der Waals surface area contributed by atoms with E-state index in [0.29, 0.717) is 16.1 Å². The first kappa shape index (κ1) is 14.1. The van der Waals surface area contributed by atoms with E-state index in [9.17, 15) is 18.8 Å². The van der Waals surface area contributed by atoms with Gasteiger partial charge in [-0.1, -0.05) is 24.3 Å². The van der Waals surface area contributed by atoms with Crippen molar-refractivity contribution in [2.45, 2.75) is 10.6 Å². The second-order valence-corrected chi connectivity index (χ2v) is 4.99. The molecule has 0 atom stereocenters. The van der Waals surface area contributed by atoms with Crippen LogP contribution in [-0.2, 0) is 5.75 Å². The molecule has 2 rings (SSSR count). The fourth-order valence-corrected chi connectivity index (χ4v) is 2.58. The van der Waals surface area contributed by atoms with Crippen molar-refractivity contribution in [1.29, 1.82) is 0 Å². The zero-order valence-electron chi connectivity index (χ0n) is 9.88. The second kappa shape index (κ2) is 6.19. The van der Waals surface area contributed by atoms with Crippen LogP contribution in [0, 0.1) is 11.6 Å². The van der Waals surface area contributed by atoms with Gasteiger partial charge in [-0.25, -0.2) is 8.78 Å². The summed E-state index contributed by atoms with van der Waals surface area (Å²) in [7, 11) is -1.54. The molecule has 0 bridgehead atoms. The molecule has 0 fully saturated rings. The van der Waals surface area contributed by atoms with Gasteiger partial charge in [-0.2, -0.15) is 0 Å². The summed E-state index contributed by atoms with van der Waals surface area (Å²) in [6.07, 6.45) is 0. The first-order valence-corrected chi connectivity index (χ1v) is 6.58. The summed E-state index contributed by atoms with van der Waals surface area (Å²) in [6, 6.07) is 10.6. The van der Waals surface area contributed by atoms with Gasteiger partial charge in [0.05, 0.1) is 0 Å². The van der Waals surface area contributed by atoms with E-state index in [0.717, 1.165) is 17.7 Å². The number of benzene rings is 2. The van der Waals surface area contributed by atoms with Crippen molar-refractivity contribution in [1.82, 2.24) is 0 Å². The van der Waals surface area contributed by atoms with Gasteiger partial charge in [0.15, 0.2) is 11.6 Å². The summed E-state index contributed by atoms with van der Waals surface area (Å²) in [5.41, 5.74) is 1.16. The minimum absolute atomic E-state index is 0.414. The van der Waals surface area contributed by atoms with E-state index in [-0.39, 0.29) is 0 Å². The third kappa shape index (κ3) is 3.56. The van der Waals surface area contributed by atoms with E-state index < -0.39 is 18.8 Å². The molecular formula is C13H11BF2O2S. The van der Waals surface area contributed by atoms with Crippen LogP contribution in [0.1, 0.15) is 5.56 Å². The summed E-state index contributed by atoms with van der Waals surface area (Å²) in [4.78, 5) is 0.584. The molecule has 0 heterocycles. The smallest absolute Gasteiger partial charge is 0.423 e. The molecule has 2 N–H and O–H groups in total. The Labute approximate surface area is 114 Å². The molecule has 0 aliphatic carbocycles. The van der Waals surface area contributed by atoms with Crippen LogP contribution in [0.4, 0.5) is 8.78 Å². The summed E-state index contributed by atoms with van der Waals surface area (Å²) in [5.74, 6) is -1.32. The van der Waals surface area contributed by atoms with Gasteiger partial charge in [0, 0.05) is 10.6 Å². The summed E-state index contributed by atoms with van der Waals surface area (Å²) in [5, 5.41) is 18.4. The third-order valence-electron chi connectivity index (χ3n) is 2.62. The molecule has 0 radical (unpaired) electrons. The molecule has 19 heavy (non-hydrogen) atoms. The maximum atomic E-state index is 13.0. The molecule has 2 aromatic rings. The largest absolute Gasteiger partial charge is 0.488 e. The monoisotopic (exact) mass is 280 g/mol. The van der Waals surface area contributed by atoms with Crippen molar-refractivity contribution < 1.29 is 18.8 Å². The van der Waals surface area contributed by atoms with Gasteiger partial charge < -0.3 is 10.0 Å². The Morgan fingerprint density at radius 1 is 1.00 bits per heavy atom. The number of hydrogen-bond donors (Lipinski definition) is 2. The lowest BCUT2D eigenvalue weighted by Crippen LogP contribution is -2.32. The summed E-state index contributed by atoms with van der Waals surface area (Å²) in [6.45, 7) is 0. The van der Waals surface area contributed by atoms with Crippen LogP contribution in [0.25, 0.3) is 0 Å². The maximum absolute atomic E-state index is 13.0. The number of rotatable bonds is 4. The summed E-state index contributed by atoms with van der Waals surface area (Å²) < 4.78 is 25.8. The van der Waals surface area contributed by atoms with Crippen LogP contribution < -0.4 is 5.46 Å². The Kier molecular flexibility index (Phi) is 4.58. The average Bonchev–Trinajstić information content (AvgIpc) is 2.40. The van der Waals surface area contributed by atoms with Crippen LogP contribution in [0.3, 0.4) is 0 Å². The van der Waals surface area contributed by atoms with E-state index in [2.05, 4.69) is 0 Å². The van der Waals surface area contributed by atoms with Gasteiger partial charge in [0.2, 0.25) is 0 Å². The standard InChI is InChI=1S/C13H11BF2O2S/c15-12-6-5-10(7-13(12)16)19-8-9-3-1-2-4-11(9)14(17)18/h1-7,17-18H,8H2. The molecule has 98 valence electrons. The van der Waals surface area contributed by atoms with E-state index in [4.69, 9.17) is 0 Å². The zero-order valence-corrected chi connectivity index (χ0v) is 10.7. The van der Waals surface area contributed by atoms with Gasteiger partial charge in [-0.05, 0) is 29.2 Å². The molecular weight excluding hydrogens is 269 g/mol. The van der Waals surface area contributed by atoms with Crippen molar-refractivity contribution >= 4 is 24.3 Å². The van der Waals surface area contributed by atoms with E-state index in [1.807, 2.05) is 0 Å². The lowest BCUT2D eigenvalue weighted by atomic mass is 9.77. The van der Waals surface area contributed by atoms with Gasteiger partial charge in [-0.15, -0.1) is 11.8 Å². The Morgan fingerprint density at radius 2 is 1.74 bits per heavy atom. The fourth-order valence-electron chi connectivity index (χ4n) is 1.65. The van der Waals surface area contributed by atoms with E-state index in [1.165, 1.54) is 17.8 Å². The second-order valence-electron chi connectivity index (χ2n) is 3.94. The number of hydrogen-bond acceptors (Lipinski definition) is 3. The van der Waals surface area contributed by atoms with Crippen LogP contribution >= 0.6 is 11.8 Å². The molecule has 0 spiro atoms. The lowest BCUT2D eigenvalue weighted by molar-refractivity contribution is 0.425. The molecule has 2 aromatic carbocycles. The summed E-state index contributed by atoms with van der Waals surface area (Å²) >= 11 is 1.30. The van der Waals surface area contributed by atoms with Crippen LogP contribution in [0.15, 0.2) is 47.4 Å². The predicted octanol–water partition coefficient (Wildman–Crippen LogP) is 1.94. The number of thioether (sulfide) groups is 1. The highest BCUT2D eigenvalue weighted by Gasteiger charge is 2.15. The van der Waals surface area contributed by atoms with Gasteiger partial charge in [-0.3, -0.25) is 0 Å². The predicted molar refractivity (Wildman–Crippen MR) is 72.2 cm³/mol. The van der Waals surface area contributed by atoms with Crippen molar-refractivity contribution in [2.75, 3.05) is 0 Å². The topological polar surface area (TPSA) is 40.5 Å². The highest BCUT2D eigenvalue weighted by atomic mass is 32.2. The molecule has 0 saturated heterocycles. The van der Waals surface area contributed by atoms with Gasteiger partial charge >= 0.3 is 7.12 Å². The molecule has 0 unspecified atom stereocenters. The third-order valence-corrected chi connectivity index (χ3v) is 3.66. The SMILES string of the molecule is OB(O)c1ccccc1CSc1ccc(F)c(F)c1. The van der Waals surface area contributed by atoms with Crippen molar-refractivity contribution in [3.05, 3.63) is 59.7 Å². The fraction of sp³-hybridized carbons (Fsp3) is 0.0769. The molecule has 0 aliphatic heterocycles. The van der Waals surface area contributed by atoms with E-state index >= 15 is 0 Å². The molecule has 2 nitrogen and oxygen atoms in total. The van der Waals surface area contributed by atoms with Gasteiger partial charge in [0.1, 0.15) is 0 Å². The zero-order chi connectivity index (χ0) is 13.8. The Morgan fingerprint density at radius 3 is 2.42 bits per heavy atom. The van der Waals surface area contributed by atoms with Crippen LogP contribution in [-0.4, -0.2) is 17.2 Å².